The van der Waals surface area contributed by atoms with Crippen LogP contribution in [0.1, 0.15) is 111 Å². The number of anilines is 6. The molecule has 0 radical (unpaired) electrons. The van der Waals surface area contributed by atoms with Crippen LogP contribution in [0.15, 0.2) is 146 Å². The predicted molar refractivity (Wildman–Crippen MR) is 280 cm³/mol. The Morgan fingerprint density at radius 1 is 0.415 bits per heavy atom. The summed E-state index contributed by atoms with van der Waals surface area (Å²) in [5.74, 6) is 0.938. The molecule has 3 heterocycles. The lowest BCUT2D eigenvalue weighted by molar-refractivity contribution is 0.590. The average molecular weight is 851 g/mol. The molecule has 2 aliphatic heterocycles. The number of hydrogen-bond donors (Lipinski definition) is 0. The minimum Gasteiger partial charge on any atom is -0.311 e. The van der Waals surface area contributed by atoms with Crippen molar-refractivity contribution < 1.29 is 0 Å². The van der Waals surface area contributed by atoms with Gasteiger partial charge in [-0.05, 0) is 140 Å². The molecule has 0 saturated heterocycles. The molecule has 0 amide bonds. The third-order valence-corrected chi connectivity index (χ3v) is 13.9. The van der Waals surface area contributed by atoms with Crippen LogP contribution in [0, 0.1) is 6.92 Å². The summed E-state index contributed by atoms with van der Waals surface area (Å²) in [6.07, 6.45) is 0. The molecule has 0 fully saturated rings. The minimum absolute atomic E-state index is 0.0291. The lowest BCUT2D eigenvalue weighted by atomic mass is 9.33. The van der Waals surface area contributed by atoms with E-state index in [1.807, 2.05) is 0 Å². The summed E-state index contributed by atoms with van der Waals surface area (Å²) >= 11 is 0. The molecule has 326 valence electrons. The molecule has 0 bridgehead atoms. The predicted octanol–water partition coefficient (Wildman–Crippen LogP) is 14.3. The summed E-state index contributed by atoms with van der Waals surface area (Å²) in [4.78, 5) is 10.7. The van der Waals surface area contributed by atoms with Gasteiger partial charge in [-0.1, -0.05) is 162 Å². The first-order valence-electron chi connectivity index (χ1n) is 23.5. The number of rotatable bonds is 4. The Hall–Kier alpha value is -6.33. The van der Waals surface area contributed by atoms with Gasteiger partial charge < -0.3 is 9.80 Å². The summed E-state index contributed by atoms with van der Waals surface area (Å²) in [5, 5.41) is 0. The van der Waals surface area contributed by atoms with Gasteiger partial charge in [0.25, 0.3) is 6.71 Å². The first-order chi connectivity index (χ1) is 30.7. The van der Waals surface area contributed by atoms with Crippen molar-refractivity contribution in [3.63, 3.8) is 0 Å². The van der Waals surface area contributed by atoms with Gasteiger partial charge in [-0.25, -0.2) is 4.98 Å². The van der Waals surface area contributed by atoms with Gasteiger partial charge in [0.05, 0.1) is 11.0 Å². The molecule has 0 spiro atoms. The number of aromatic nitrogens is 2. The highest BCUT2D eigenvalue weighted by Gasteiger charge is 2.44. The van der Waals surface area contributed by atoms with Gasteiger partial charge in [-0.15, -0.1) is 0 Å². The third kappa shape index (κ3) is 7.28. The topological polar surface area (TPSA) is 24.3 Å². The Morgan fingerprint density at radius 3 is 1.38 bits per heavy atom. The van der Waals surface area contributed by atoms with Crippen LogP contribution >= 0.6 is 0 Å². The second-order valence-electron chi connectivity index (χ2n) is 22.8. The fourth-order valence-electron chi connectivity index (χ4n) is 10.1. The quantitative estimate of drug-likeness (QED) is 0.165. The maximum absolute atomic E-state index is 5.58. The zero-order chi connectivity index (χ0) is 46.0. The van der Waals surface area contributed by atoms with E-state index >= 15 is 0 Å². The number of nitrogens with zero attached hydrogens (tertiary/aromatic N) is 4. The van der Waals surface area contributed by atoms with E-state index in [1.54, 1.807) is 0 Å². The van der Waals surface area contributed by atoms with Crippen LogP contribution in [-0.4, -0.2) is 16.3 Å². The van der Waals surface area contributed by atoms with Gasteiger partial charge in [0.1, 0.15) is 5.82 Å². The van der Waals surface area contributed by atoms with E-state index in [2.05, 4.69) is 250 Å². The van der Waals surface area contributed by atoms with E-state index in [-0.39, 0.29) is 28.4 Å². The molecule has 7 aromatic carbocycles. The molecule has 0 aliphatic carbocycles. The van der Waals surface area contributed by atoms with Crippen molar-refractivity contribution in [2.75, 3.05) is 9.80 Å². The second kappa shape index (κ2) is 14.9. The maximum atomic E-state index is 5.58. The van der Waals surface area contributed by atoms with Crippen LogP contribution < -0.4 is 26.2 Å². The number of aryl methyl sites for hydroxylation is 1. The molecular formula is C60H63BN4. The van der Waals surface area contributed by atoms with Crippen LogP contribution in [0.2, 0.25) is 0 Å². The molecule has 0 saturated carbocycles. The van der Waals surface area contributed by atoms with Crippen LogP contribution in [0.5, 0.6) is 0 Å². The van der Waals surface area contributed by atoms with Crippen molar-refractivity contribution in [3.8, 4) is 17.1 Å². The molecule has 0 atom stereocenters. The maximum Gasteiger partial charge on any atom is 0.252 e. The molecule has 10 rings (SSSR count). The third-order valence-electron chi connectivity index (χ3n) is 13.9. The minimum atomic E-state index is -0.0454. The molecule has 8 aromatic rings. The van der Waals surface area contributed by atoms with Crippen LogP contribution in [0.3, 0.4) is 0 Å². The van der Waals surface area contributed by atoms with Gasteiger partial charge in [0, 0.05) is 45.4 Å². The van der Waals surface area contributed by atoms with Gasteiger partial charge in [0.15, 0.2) is 0 Å². The molecule has 2 aliphatic rings. The highest BCUT2D eigenvalue weighted by Crippen LogP contribution is 2.47. The summed E-state index contributed by atoms with van der Waals surface area (Å²) in [6, 6.07) is 55.4. The Kier molecular flexibility index (Phi) is 9.74. The summed E-state index contributed by atoms with van der Waals surface area (Å²) in [6.45, 7) is 29.8. The Bertz CT molecular complexity index is 3110. The van der Waals surface area contributed by atoms with Crippen LogP contribution in [0.4, 0.5) is 34.1 Å². The van der Waals surface area contributed by atoms with Gasteiger partial charge in [-0.3, -0.25) is 4.57 Å². The van der Waals surface area contributed by atoms with Crippen molar-refractivity contribution in [2.24, 2.45) is 0 Å². The number of hydrogen-bond acceptors (Lipinski definition) is 3. The fraction of sp³-hybridized carbons (Fsp3) is 0.283. The standard InChI is InChI=1S/C60H63BN4/c1-38-33-53-55-54(34-38)64(46-30-25-42(26-31-46)59(8,9)10)51-37-49-52(65(44-17-15-14-16-18-44)56(62-49)39-19-21-40(22-20-39)57(2,3)4)36-48(51)61(55)47-35-43(60(11,12)13)27-32-50(47)63(53)45-28-23-41(24-29-45)58(5,6)7/h14-37H,1-13H3. The van der Waals surface area contributed by atoms with Gasteiger partial charge in [0.2, 0.25) is 0 Å². The van der Waals surface area contributed by atoms with Crippen molar-refractivity contribution in [2.45, 2.75) is 112 Å². The molecule has 0 N–H and O–H groups in total. The van der Waals surface area contributed by atoms with Crippen LogP contribution in [0.25, 0.3) is 28.1 Å². The molecule has 65 heavy (non-hydrogen) atoms. The monoisotopic (exact) mass is 851 g/mol. The lowest BCUT2D eigenvalue weighted by Crippen LogP contribution is -2.61. The zero-order valence-electron chi connectivity index (χ0n) is 40.7. The van der Waals surface area contributed by atoms with Crippen molar-refractivity contribution >= 4 is 68.3 Å². The average Bonchev–Trinajstić information content (AvgIpc) is 3.63. The highest BCUT2D eigenvalue weighted by atomic mass is 15.2. The van der Waals surface area contributed by atoms with Gasteiger partial charge in [-0.2, -0.15) is 0 Å². The van der Waals surface area contributed by atoms with Crippen molar-refractivity contribution in [1.29, 1.82) is 0 Å². The van der Waals surface area contributed by atoms with Gasteiger partial charge >= 0.3 is 0 Å². The number of fused-ring (bicyclic) bond motifs is 5. The Morgan fingerprint density at radius 2 is 0.877 bits per heavy atom. The second-order valence-corrected chi connectivity index (χ2v) is 22.8. The zero-order valence-corrected chi connectivity index (χ0v) is 40.7. The summed E-state index contributed by atoms with van der Waals surface area (Å²) in [7, 11) is 0. The largest absolute Gasteiger partial charge is 0.311 e. The summed E-state index contributed by atoms with van der Waals surface area (Å²) in [5.41, 5.74) is 21.9. The molecular weight excluding hydrogens is 787 g/mol. The van der Waals surface area contributed by atoms with E-state index in [1.165, 1.54) is 67.0 Å². The number of imidazole rings is 1. The van der Waals surface area contributed by atoms with E-state index in [9.17, 15) is 0 Å². The number of benzene rings is 7. The number of para-hydroxylation sites is 1. The first-order valence-corrected chi connectivity index (χ1v) is 23.5. The first kappa shape index (κ1) is 42.6. The molecule has 0 unspecified atom stereocenters. The van der Waals surface area contributed by atoms with E-state index in [4.69, 9.17) is 4.98 Å². The lowest BCUT2D eigenvalue weighted by Gasteiger charge is -2.45. The molecule has 5 heteroatoms. The van der Waals surface area contributed by atoms with Crippen molar-refractivity contribution in [3.05, 3.63) is 173 Å². The van der Waals surface area contributed by atoms with E-state index in [0.29, 0.717) is 0 Å². The fourth-order valence-corrected chi connectivity index (χ4v) is 10.1. The van der Waals surface area contributed by atoms with E-state index in [0.717, 1.165) is 39.5 Å². The molecule has 1 aromatic heterocycles. The van der Waals surface area contributed by atoms with E-state index < -0.39 is 0 Å². The normalized spacial score (nSPS) is 13.8. The van der Waals surface area contributed by atoms with Crippen molar-refractivity contribution in [1.82, 2.24) is 9.55 Å². The summed E-state index contributed by atoms with van der Waals surface area (Å²) < 4.78 is 2.38. The smallest absolute Gasteiger partial charge is 0.252 e. The Balaban J connectivity index is 1.30. The van der Waals surface area contributed by atoms with Crippen LogP contribution in [-0.2, 0) is 21.7 Å². The molecule has 4 nitrogen and oxygen atoms in total. The Labute approximate surface area is 388 Å². The SMILES string of the molecule is Cc1cc2c3c(c1)N(c1ccc(C(C)(C)C)cc1)c1cc4nc(-c5ccc(C(C)(C)C)cc5)n(-c5ccccc5)c4cc1B3c1cc(C(C)(C)C)ccc1N2c1ccc(C(C)(C)C)cc1. The highest BCUT2D eigenvalue weighted by molar-refractivity contribution is 7.00.